The van der Waals surface area contributed by atoms with Gasteiger partial charge in [-0.15, -0.1) is 10.2 Å². The van der Waals surface area contributed by atoms with Crippen molar-refractivity contribution in [2.75, 3.05) is 12.1 Å². The third-order valence-corrected chi connectivity index (χ3v) is 4.89. The maximum absolute atomic E-state index is 12.4. The van der Waals surface area contributed by atoms with E-state index in [2.05, 4.69) is 15.5 Å². The first-order valence-corrected chi connectivity index (χ1v) is 9.24. The number of hydrogen-bond acceptors (Lipinski definition) is 7. The Morgan fingerprint density at radius 3 is 2.85 bits per heavy atom. The molecule has 1 atom stereocenters. The Hall–Kier alpha value is -3.00. The van der Waals surface area contributed by atoms with E-state index in [1.54, 1.807) is 19.1 Å². The molecular weight excluding hydrogens is 366 g/mol. The quantitative estimate of drug-likeness (QED) is 0.669. The Morgan fingerprint density at radius 2 is 2.00 bits per heavy atom. The number of benzene rings is 2. The zero-order valence-electron chi connectivity index (χ0n) is 14.8. The molecule has 0 radical (unpaired) electrons. The lowest BCUT2D eigenvalue weighted by Gasteiger charge is -2.10. The van der Waals surface area contributed by atoms with E-state index in [9.17, 15) is 4.79 Å². The van der Waals surface area contributed by atoms with Crippen molar-refractivity contribution >= 4 is 23.4 Å². The van der Waals surface area contributed by atoms with Gasteiger partial charge in [0.1, 0.15) is 0 Å². The monoisotopic (exact) mass is 383 g/mol. The smallest absolute Gasteiger partial charge is 0.277 e. The van der Waals surface area contributed by atoms with Crippen LogP contribution in [0.15, 0.2) is 52.1 Å². The van der Waals surface area contributed by atoms with E-state index in [0.29, 0.717) is 22.6 Å². The van der Waals surface area contributed by atoms with Gasteiger partial charge in [0.15, 0.2) is 11.5 Å². The molecule has 27 heavy (non-hydrogen) atoms. The zero-order valence-corrected chi connectivity index (χ0v) is 15.6. The number of nitrogens with zero attached hydrogens (tertiary/aromatic N) is 2. The highest BCUT2D eigenvalue weighted by atomic mass is 32.2. The minimum Gasteiger partial charge on any atom is -0.454 e. The molecule has 0 spiro atoms. The Morgan fingerprint density at radius 1 is 1.15 bits per heavy atom. The molecule has 7 nitrogen and oxygen atoms in total. The van der Waals surface area contributed by atoms with Gasteiger partial charge in [0.05, 0.1) is 5.25 Å². The average molecular weight is 383 g/mol. The fraction of sp³-hybridized carbons (Fsp3) is 0.211. The first kappa shape index (κ1) is 17.4. The summed E-state index contributed by atoms with van der Waals surface area (Å²) in [5, 5.41) is 10.9. The van der Waals surface area contributed by atoms with Crippen LogP contribution in [0.4, 0.5) is 5.69 Å². The van der Waals surface area contributed by atoms with Gasteiger partial charge < -0.3 is 19.2 Å². The van der Waals surface area contributed by atoms with Gasteiger partial charge in [-0.25, -0.2) is 0 Å². The molecule has 138 valence electrons. The molecule has 1 amide bonds. The number of ether oxygens (including phenoxy) is 2. The van der Waals surface area contributed by atoms with Crippen LogP contribution in [0.25, 0.3) is 11.5 Å². The molecule has 1 aliphatic rings. The number of fused-ring (bicyclic) bond motifs is 1. The van der Waals surface area contributed by atoms with E-state index < -0.39 is 5.25 Å². The zero-order chi connectivity index (χ0) is 18.8. The van der Waals surface area contributed by atoms with Gasteiger partial charge in [-0.3, -0.25) is 4.79 Å². The van der Waals surface area contributed by atoms with Crippen molar-refractivity contribution in [3.05, 3.63) is 48.0 Å². The van der Waals surface area contributed by atoms with Crippen molar-refractivity contribution in [3.63, 3.8) is 0 Å². The van der Waals surface area contributed by atoms with E-state index in [1.807, 2.05) is 37.3 Å². The van der Waals surface area contributed by atoms with Crippen LogP contribution < -0.4 is 14.8 Å². The number of anilines is 1. The van der Waals surface area contributed by atoms with E-state index in [1.165, 1.54) is 11.8 Å². The summed E-state index contributed by atoms with van der Waals surface area (Å²) in [7, 11) is 0. The normalized spacial score (nSPS) is 13.4. The van der Waals surface area contributed by atoms with Crippen molar-refractivity contribution in [1.82, 2.24) is 10.2 Å². The van der Waals surface area contributed by atoms with Crippen LogP contribution in [0.5, 0.6) is 11.5 Å². The maximum Gasteiger partial charge on any atom is 0.277 e. The van der Waals surface area contributed by atoms with Gasteiger partial charge in [0.25, 0.3) is 5.22 Å². The lowest BCUT2D eigenvalue weighted by atomic mass is 10.2. The Balaban J connectivity index is 1.42. The summed E-state index contributed by atoms with van der Waals surface area (Å²) in [6.45, 7) is 3.97. The van der Waals surface area contributed by atoms with Gasteiger partial charge in [-0.1, -0.05) is 23.9 Å². The molecule has 0 unspecified atom stereocenters. The topological polar surface area (TPSA) is 86.5 Å². The van der Waals surface area contributed by atoms with E-state index in [-0.39, 0.29) is 12.7 Å². The summed E-state index contributed by atoms with van der Waals surface area (Å²) in [6.07, 6.45) is 0. The van der Waals surface area contributed by atoms with Crippen molar-refractivity contribution < 1.29 is 18.7 Å². The van der Waals surface area contributed by atoms with E-state index >= 15 is 0 Å². The molecule has 8 heteroatoms. The first-order chi connectivity index (χ1) is 13.1. The Bertz CT molecular complexity index is 989. The van der Waals surface area contributed by atoms with Gasteiger partial charge in [0.2, 0.25) is 18.6 Å². The van der Waals surface area contributed by atoms with Gasteiger partial charge in [-0.2, -0.15) is 0 Å². The molecule has 2 heterocycles. The van der Waals surface area contributed by atoms with E-state index in [4.69, 9.17) is 13.9 Å². The predicted octanol–water partition coefficient (Wildman–Crippen LogP) is 3.89. The van der Waals surface area contributed by atoms with Crippen LogP contribution >= 0.6 is 11.8 Å². The second-order valence-electron chi connectivity index (χ2n) is 6.06. The Kier molecular flexibility index (Phi) is 4.72. The largest absolute Gasteiger partial charge is 0.454 e. The highest BCUT2D eigenvalue weighted by molar-refractivity contribution is 8.00. The summed E-state index contributed by atoms with van der Waals surface area (Å²) in [5.74, 6) is 1.57. The third-order valence-electron chi connectivity index (χ3n) is 3.96. The average Bonchev–Trinajstić information content (AvgIpc) is 3.30. The molecule has 0 bridgehead atoms. The highest BCUT2D eigenvalue weighted by Gasteiger charge is 2.20. The summed E-state index contributed by atoms with van der Waals surface area (Å²) in [5.41, 5.74) is 2.58. The number of carbonyl (C=O) groups is 1. The van der Waals surface area contributed by atoms with Gasteiger partial charge in [-0.05, 0) is 49.7 Å². The molecule has 1 N–H and O–H groups in total. The molecule has 0 aliphatic carbocycles. The van der Waals surface area contributed by atoms with Crippen molar-refractivity contribution in [1.29, 1.82) is 0 Å². The van der Waals surface area contributed by atoms with Crippen LogP contribution in [0, 0.1) is 6.92 Å². The SMILES string of the molecule is Cc1cccc(NC(=O)[C@H](C)Sc2nnc(-c3ccc4c(c3)OCO4)o2)c1. The minimum absolute atomic E-state index is 0.131. The molecule has 1 aromatic heterocycles. The summed E-state index contributed by atoms with van der Waals surface area (Å²) < 4.78 is 16.3. The van der Waals surface area contributed by atoms with Crippen molar-refractivity contribution in [2.24, 2.45) is 0 Å². The number of nitrogens with one attached hydrogen (secondary N) is 1. The summed E-state index contributed by atoms with van der Waals surface area (Å²) in [6, 6.07) is 13.1. The van der Waals surface area contributed by atoms with Crippen LogP contribution in [-0.4, -0.2) is 28.1 Å². The summed E-state index contributed by atoms with van der Waals surface area (Å²) >= 11 is 1.21. The number of amides is 1. The lowest BCUT2D eigenvalue weighted by Crippen LogP contribution is -2.22. The van der Waals surface area contributed by atoms with Gasteiger partial charge >= 0.3 is 0 Å². The second kappa shape index (κ2) is 7.32. The Labute approximate surface area is 160 Å². The number of aryl methyl sites for hydroxylation is 1. The summed E-state index contributed by atoms with van der Waals surface area (Å²) in [4.78, 5) is 12.4. The molecule has 2 aromatic carbocycles. The minimum atomic E-state index is -0.393. The third kappa shape index (κ3) is 3.90. The van der Waals surface area contributed by atoms with Crippen LogP contribution in [0.1, 0.15) is 12.5 Å². The van der Waals surface area contributed by atoms with Crippen LogP contribution in [-0.2, 0) is 4.79 Å². The number of rotatable bonds is 5. The molecule has 0 saturated heterocycles. The molecule has 4 rings (SSSR count). The molecule has 1 aliphatic heterocycles. The molecule has 3 aromatic rings. The van der Waals surface area contributed by atoms with E-state index in [0.717, 1.165) is 16.8 Å². The second-order valence-corrected chi connectivity index (χ2v) is 7.35. The van der Waals surface area contributed by atoms with Crippen LogP contribution in [0.2, 0.25) is 0 Å². The van der Waals surface area contributed by atoms with Crippen molar-refractivity contribution in [3.8, 4) is 23.0 Å². The number of thioether (sulfide) groups is 1. The highest BCUT2D eigenvalue weighted by Crippen LogP contribution is 2.36. The standard InChI is InChI=1S/C19H17N3O4S/c1-11-4-3-5-14(8-11)20-17(23)12(2)27-19-22-21-18(26-19)13-6-7-15-16(9-13)25-10-24-15/h3-9,12H,10H2,1-2H3,(H,20,23)/t12-/m0/s1. The molecule has 0 fully saturated rings. The number of hydrogen-bond donors (Lipinski definition) is 1. The number of carbonyl (C=O) groups excluding carboxylic acids is 1. The molecule has 0 saturated carbocycles. The maximum atomic E-state index is 12.4. The molecular formula is C19H17N3O4S. The van der Waals surface area contributed by atoms with Crippen molar-refractivity contribution in [2.45, 2.75) is 24.3 Å². The first-order valence-electron chi connectivity index (χ1n) is 8.36. The van der Waals surface area contributed by atoms with Crippen LogP contribution in [0.3, 0.4) is 0 Å². The predicted molar refractivity (Wildman–Crippen MR) is 101 cm³/mol. The number of aromatic nitrogens is 2. The lowest BCUT2D eigenvalue weighted by molar-refractivity contribution is -0.115. The fourth-order valence-electron chi connectivity index (χ4n) is 2.58. The fourth-order valence-corrected chi connectivity index (χ4v) is 3.26. The van der Waals surface area contributed by atoms with Gasteiger partial charge in [0, 0.05) is 11.3 Å².